The van der Waals surface area contributed by atoms with Crippen LogP contribution in [-0.2, 0) is 4.74 Å². The smallest absolute Gasteiger partial charge is 0.255 e. The maximum atomic E-state index is 12.7. The lowest BCUT2D eigenvalue weighted by atomic mass is 9.78. The molecule has 0 N–H and O–H groups in total. The van der Waals surface area contributed by atoms with E-state index in [1.807, 2.05) is 36.1 Å². The first-order valence-electron chi connectivity index (χ1n) is 10.5. The molecule has 6 heteroatoms. The maximum Gasteiger partial charge on any atom is 0.255 e. The van der Waals surface area contributed by atoms with Crippen molar-refractivity contribution < 1.29 is 14.3 Å². The number of rotatable bonds is 5. The number of likely N-dealkylation sites (tertiary alicyclic amines) is 1. The molecule has 0 radical (unpaired) electrons. The van der Waals surface area contributed by atoms with Crippen LogP contribution in [-0.4, -0.2) is 52.7 Å². The molecule has 4 rings (SSSR count). The molecule has 2 aliphatic rings. The van der Waals surface area contributed by atoms with E-state index in [1.54, 1.807) is 18.6 Å². The predicted octanol–water partition coefficient (Wildman–Crippen LogP) is 3.66. The van der Waals surface area contributed by atoms with Gasteiger partial charge in [0, 0.05) is 37.8 Å². The van der Waals surface area contributed by atoms with Crippen LogP contribution < -0.4 is 4.74 Å². The fourth-order valence-electron chi connectivity index (χ4n) is 4.39. The van der Waals surface area contributed by atoms with Crippen molar-refractivity contribution in [1.29, 1.82) is 0 Å². The normalized spacial score (nSPS) is 21.1. The van der Waals surface area contributed by atoms with Gasteiger partial charge in [0.15, 0.2) is 0 Å². The molecule has 0 aliphatic carbocycles. The van der Waals surface area contributed by atoms with E-state index < -0.39 is 0 Å². The number of carbonyl (C=O) groups is 1. The molecule has 1 amide bonds. The molecule has 0 bridgehead atoms. The van der Waals surface area contributed by atoms with Crippen molar-refractivity contribution in [2.45, 2.75) is 44.6 Å². The molecule has 154 valence electrons. The van der Waals surface area contributed by atoms with E-state index in [0.717, 1.165) is 63.2 Å². The van der Waals surface area contributed by atoms with Crippen LogP contribution in [0.2, 0.25) is 0 Å². The highest BCUT2D eigenvalue weighted by Crippen LogP contribution is 2.39. The zero-order valence-electron chi connectivity index (χ0n) is 17.0. The summed E-state index contributed by atoms with van der Waals surface area (Å²) in [5.41, 5.74) is 1.51. The summed E-state index contributed by atoms with van der Waals surface area (Å²) in [6.45, 7) is 4.92. The summed E-state index contributed by atoms with van der Waals surface area (Å²) in [4.78, 5) is 23.0. The van der Waals surface area contributed by atoms with Gasteiger partial charge in [-0.1, -0.05) is 0 Å². The van der Waals surface area contributed by atoms with Crippen LogP contribution in [0.3, 0.4) is 0 Å². The summed E-state index contributed by atoms with van der Waals surface area (Å²) in [6.07, 6.45) is 10.1. The Morgan fingerprint density at radius 3 is 2.86 bits per heavy atom. The largest absolute Gasteiger partial charge is 0.492 e. The fourth-order valence-corrected chi connectivity index (χ4v) is 4.39. The van der Waals surface area contributed by atoms with Crippen LogP contribution in [0.5, 0.6) is 5.75 Å². The number of amides is 1. The first-order chi connectivity index (χ1) is 14.1. The van der Waals surface area contributed by atoms with Gasteiger partial charge in [-0.2, -0.15) is 0 Å². The molecule has 2 aromatic heterocycles. The molecule has 2 saturated heterocycles. The third-order valence-electron chi connectivity index (χ3n) is 6.14. The van der Waals surface area contributed by atoms with Crippen molar-refractivity contribution >= 4 is 5.91 Å². The monoisotopic (exact) mass is 395 g/mol. The molecular weight excluding hydrogens is 366 g/mol. The highest BCUT2D eigenvalue weighted by Gasteiger charge is 2.41. The molecule has 6 nitrogen and oxygen atoms in total. The number of hydrogen-bond donors (Lipinski definition) is 0. The highest BCUT2D eigenvalue weighted by molar-refractivity contribution is 5.94. The molecule has 2 fully saturated rings. The lowest BCUT2D eigenvalue weighted by molar-refractivity contribution is -0.125. The minimum atomic E-state index is -0.0838. The summed E-state index contributed by atoms with van der Waals surface area (Å²) < 4.78 is 12.1. The number of ether oxygens (including phenoxy) is 2. The number of aryl methyl sites for hydroxylation is 1. The van der Waals surface area contributed by atoms with Gasteiger partial charge in [-0.25, -0.2) is 0 Å². The molecule has 29 heavy (non-hydrogen) atoms. The number of piperidine rings is 1. The fraction of sp³-hybridized carbons (Fsp3) is 0.522. The molecule has 1 unspecified atom stereocenters. The average molecular weight is 396 g/mol. The van der Waals surface area contributed by atoms with Gasteiger partial charge in [-0.3, -0.25) is 14.8 Å². The Morgan fingerprint density at radius 1 is 1.28 bits per heavy atom. The number of hydrogen-bond acceptors (Lipinski definition) is 5. The third kappa shape index (κ3) is 4.93. The van der Waals surface area contributed by atoms with Gasteiger partial charge in [-0.05, 0) is 69.2 Å². The van der Waals surface area contributed by atoms with E-state index in [9.17, 15) is 4.79 Å². The van der Waals surface area contributed by atoms with Gasteiger partial charge in [0.1, 0.15) is 5.75 Å². The summed E-state index contributed by atoms with van der Waals surface area (Å²) in [5, 5.41) is 0. The second-order valence-corrected chi connectivity index (χ2v) is 8.20. The second-order valence-electron chi connectivity index (χ2n) is 8.20. The van der Waals surface area contributed by atoms with E-state index in [-0.39, 0.29) is 11.5 Å². The molecule has 0 aromatic carbocycles. The van der Waals surface area contributed by atoms with Gasteiger partial charge in [0.05, 0.1) is 24.0 Å². The predicted molar refractivity (Wildman–Crippen MR) is 110 cm³/mol. The van der Waals surface area contributed by atoms with Crippen LogP contribution in [0.15, 0.2) is 42.9 Å². The van der Waals surface area contributed by atoms with E-state index in [2.05, 4.69) is 9.97 Å². The number of aromatic nitrogens is 2. The Bertz CT molecular complexity index is 802. The summed E-state index contributed by atoms with van der Waals surface area (Å²) >= 11 is 0. The zero-order valence-corrected chi connectivity index (χ0v) is 17.0. The first kappa shape index (κ1) is 19.8. The van der Waals surface area contributed by atoms with E-state index in [1.165, 1.54) is 0 Å². The molecular formula is C23H29N3O3. The maximum absolute atomic E-state index is 12.7. The van der Waals surface area contributed by atoms with E-state index >= 15 is 0 Å². The molecule has 1 spiro atoms. The Hall–Kier alpha value is -2.47. The number of carbonyl (C=O) groups excluding carboxylic acids is 1. The summed E-state index contributed by atoms with van der Waals surface area (Å²) in [6, 6.07) is 7.58. The van der Waals surface area contributed by atoms with Crippen molar-refractivity contribution in [2.24, 2.45) is 5.92 Å². The molecule has 4 heterocycles. The lowest BCUT2D eigenvalue weighted by Crippen LogP contribution is -2.50. The van der Waals surface area contributed by atoms with Crippen molar-refractivity contribution in [3.63, 3.8) is 0 Å². The van der Waals surface area contributed by atoms with Gasteiger partial charge in [0.25, 0.3) is 5.91 Å². The minimum Gasteiger partial charge on any atom is -0.492 e. The lowest BCUT2D eigenvalue weighted by Gasteiger charge is -2.46. The topological polar surface area (TPSA) is 64.6 Å². The van der Waals surface area contributed by atoms with E-state index in [4.69, 9.17) is 9.47 Å². The summed E-state index contributed by atoms with van der Waals surface area (Å²) in [7, 11) is 0. The molecule has 2 aliphatic heterocycles. The molecule has 0 saturated carbocycles. The van der Waals surface area contributed by atoms with E-state index in [0.29, 0.717) is 18.1 Å². The second kappa shape index (κ2) is 8.91. The van der Waals surface area contributed by atoms with Crippen molar-refractivity contribution in [2.75, 3.05) is 26.3 Å². The standard InChI is InChI=1S/C23H29N3O3/c1-18-4-5-20(16-25-18)22(27)26-11-8-23(9-12-26)15-19(7-14-29-23)6-13-28-21-3-2-10-24-17-21/h2-5,10,16-17,19H,6-9,11-15H2,1H3. The minimum absolute atomic E-state index is 0.0737. The van der Waals surface area contributed by atoms with Crippen LogP contribution in [0.25, 0.3) is 0 Å². The van der Waals surface area contributed by atoms with Gasteiger partial charge < -0.3 is 14.4 Å². The Morgan fingerprint density at radius 2 is 2.14 bits per heavy atom. The van der Waals surface area contributed by atoms with Crippen molar-refractivity contribution in [1.82, 2.24) is 14.9 Å². The number of pyridine rings is 2. The van der Waals surface area contributed by atoms with Crippen LogP contribution in [0.1, 0.15) is 48.2 Å². The third-order valence-corrected chi connectivity index (χ3v) is 6.14. The average Bonchev–Trinajstić information content (AvgIpc) is 2.75. The van der Waals surface area contributed by atoms with Crippen LogP contribution in [0.4, 0.5) is 0 Å². The Balaban J connectivity index is 1.27. The quantitative estimate of drug-likeness (QED) is 0.773. The summed E-state index contributed by atoms with van der Waals surface area (Å²) in [5.74, 6) is 1.50. The number of nitrogens with zero attached hydrogens (tertiary/aromatic N) is 3. The van der Waals surface area contributed by atoms with Gasteiger partial charge in [-0.15, -0.1) is 0 Å². The van der Waals surface area contributed by atoms with Crippen molar-refractivity contribution in [3.05, 3.63) is 54.1 Å². The van der Waals surface area contributed by atoms with Crippen LogP contribution >= 0.6 is 0 Å². The molecule has 1 atom stereocenters. The zero-order chi connectivity index (χ0) is 20.1. The van der Waals surface area contributed by atoms with Crippen LogP contribution in [0, 0.1) is 12.8 Å². The van der Waals surface area contributed by atoms with Gasteiger partial charge in [0.2, 0.25) is 0 Å². The van der Waals surface area contributed by atoms with Crippen molar-refractivity contribution in [3.8, 4) is 5.75 Å². The molecule has 2 aromatic rings. The highest BCUT2D eigenvalue weighted by atomic mass is 16.5. The first-order valence-corrected chi connectivity index (χ1v) is 10.5. The Labute approximate surface area is 172 Å². The Kier molecular flexibility index (Phi) is 6.09. The SMILES string of the molecule is Cc1ccc(C(=O)N2CCC3(CC2)CC(CCOc2cccnc2)CCO3)cn1. The van der Waals surface area contributed by atoms with Gasteiger partial charge >= 0.3 is 0 Å².